The van der Waals surface area contributed by atoms with E-state index in [-0.39, 0.29) is 5.41 Å². The van der Waals surface area contributed by atoms with Gasteiger partial charge in [0.2, 0.25) is 0 Å². The Labute approximate surface area is 128 Å². The first kappa shape index (κ1) is 14.1. The van der Waals surface area contributed by atoms with Crippen LogP contribution >= 0.6 is 0 Å². The second kappa shape index (κ2) is 5.52. The molecule has 0 heteroatoms. The molecule has 2 aromatic rings. The lowest BCUT2D eigenvalue weighted by molar-refractivity contribution is 0.387. The van der Waals surface area contributed by atoms with Crippen molar-refractivity contribution in [1.29, 1.82) is 0 Å². The quantitative estimate of drug-likeness (QED) is 0.693. The highest BCUT2D eigenvalue weighted by atomic mass is 14.3. The van der Waals surface area contributed by atoms with Crippen LogP contribution in [0.3, 0.4) is 0 Å². The van der Waals surface area contributed by atoms with E-state index in [1.165, 1.54) is 34.2 Å². The van der Waals surface area contributed by atoms with Gasteiger partial charge in [-0.1, -0.05) is 72.7 Å². The van der Waals surface area contributed by atoms with Gasteiger partial charge in [-0.2, -0.15) is 0 Å². The van der Waals surface area contributed by atoms with Gasteiger partial charge in [0.05, 0.1) is 0 Å². The molecule has 1 unspecified atom stereocenters. The smallest absolute Gasteiger partial charge is 0.00995 e. The fraction of sp³-hybridized carbons (Fsp3) is 0.333. The molecule has 1 atom stereocenters. The van der Waals surface area contributed by atoms with E-state index in [4.69, 9.17) is 0 Å². The summed E-state index contributed by atoms with van der Waals surface area (Å²) in [6, 6.07) is 15.8. The average Bonchev–Trinajstić information content (AvgIpc) is 2.47. The Balaban J connectivity index is 1.72. The van der Waals surface area contributed by atoms with Crippen molar-refractivity contribution in [1.82, 2.24) is 0 Å². The standard InChI is InChI=1S/C21H24/c1-16-4-7-18(8-5-16)10-12-21(3)13-11-19-14-17(2)6-9-20(19)15-21/h4-9,11,13-14H,10,12,15H2,1-3H3. The van der Waals surface area contributed by atoms with Gasteiger partial charge in [-0.05, 0) is 55.2 Å². The summed E-state index contributed by atoms with van der Waals surface area (Å²) < 4.78 is 0. The van der Waals surface area contributed by atoms with E-state index in [1.54, 1.807) is 0 Å². The molecule has 2 aromatic carbocycles. The summed E-state index contributed by atoms with van der Waals surface area (Å²) in [6.45, 7) is 6.70. The minimum absolute atomic E-state index is 0.285. The second-order valence-electron chi connectivity index (χ2n) is 6.85. The zero-order chi connectivity index (χ0) is 14.9. The van der Waals surface area contributed by atoms with E-state index in [9.17, 15) is 0 Å². The van der Waals surface area contributed by atoms with Crippen molar-refractivity contribution in [2.24, 2.45) is 5.41 Å². The zero-order valence-electron chi connectivity index (χ0n) is 13.3. The van der Waals surface area contributed by atoms with Gasteiger partial charge >= 0.3 is 0 Å². The first-order valence-corrected chi connectivity index (χ1v) is 7.88. The average molecular weight is 276 g/mol. The molecule has 0 radical (unpaired) electrons. The Morgan fingerprint density at radius 1 is 0.952 bits per heavy atom. The van der Waals surface area contributed by atoms with Crippen molar-refractivity contribution in [3.63, 3.8) is 0 Å². The molecule has 0 spiro atoms. The van der Waals surface area contributed by atoms with Gasteiger partial charge < -0.3 is 0 Å². The number of aryl methyl sites for hydroxylation is 3. The fourth-order valence-corrected chi connectivity index (χ4v) is 3.17. The number of hydrogen-bond acceptors (Lipinski definition) is 0. The first-order chi connectivity index (χ1) is 10.0. The van der Waals surface area contributed by atoms with Crippen LogP contribution in [0.25, 0.3) is 6.08 Å². The molecule has 0 aliphatic heterocycles. The normalized spacial score (nSPS) is 20.3. The lowest BCUT2D eigenvalue weighted by atomic mass is 9.74. The number of fused-ring (bicyclic) bond motifs is 1. The maximum Gasteiger partial charge on any atom is -0.00995 e. The van der Waals surface area contributed by atoms with Crippen LogP contribution in [-0.2, 0) is 12.8 Å². The molecule has 21 heavy (non-hydrogen) atoms. The van der Waals surface area contributed by atoms with Gasteiger partial charge in [0, 0.05) is 0 Å². The first-order valence-electron chi connectivity index (χ1n) is 7.88. The molecule has 0 saturated heterocycles. The summed E-state index contributed by atoms with van der Waals surface area (Å²) in [4.78, 5) is 0. The minimum atomic E-state index is 0.285. The molecule has 1 aliphatic rings. The molecular formula is C21H24. The molecule has 1 aliphatic carbocycles. The summed E-state index contributed by atoms with van der Waals surface area (Å²) in [5.41, 5.74) is 7.32. The molecule has 3 rings (SSSR count). The molecule has 0 N–H and O–H groups in total. The number of benzene rings is 2. The molecule has 0 aromatic heterocycles. The van der Waals surface area contributed by atoms with E-state index in [1.807, 2.05) is 0 Å². The van der Waals surface area contributed by atoms with Crippen LogP contribution in [0.4, 0.5) is 0 Å². The maximum atomic E-state index is 2.42. The Morgan fingerprint density at radius 3 is 2.43 bits per heavy atom. The van der Waals surface area contributed by atoms with Crippen LogP contribution < -0.4 is 0 Å². The molecule has 0 fully saturated rings. The van der Waals surface area contributed by atoms with Crippen LogP contribution in [0.1, 0.15) is 41.2 Å². The van der Waals surface area contributed by atoms with Crippen molar-refractivity contribution in [2.45, 2.75) is 40.0 Å². The van der Waals surface area contributed by atoms with E-state index < -0.39 is 0 Å². The predicted octanol–water partition coefficient (Wildman–Crippen LogP) is 5.51. The molecule has 0 bridgehead atoms. The Bertz CT molecular complexity index is 661. The highest BCUT2D eigenvalue weighted by Gasteiger charge is 2.25. The minimum Gasteiger partial charge on any atom is -0.0776 e. The number of allylic oxidation sites excluding steroid dienone is 1. The van der Waals surface area contributed by atoms with E-state index in [0.717, 1.165) is 12.8 Å². The maximum absolute atomic E-state index is 2.42. The fourth-order valence-electron chi connectivity index (χ4n) is 3.17. The van der Waals surface area contributed by atoms with Crippen LogP contribution in [-0.4, -0.2) is 0 Å². The number of hydrogen-bond donors (Lipinski definition) is 0. The Kier molecular flexibility index (Phi) is 3.71. The molecule has 108 valence electrons. The van der Waals surface area contributed by atoms with Gasteiger partial charge in [0.15, 0.2) is 0 Å². The summed E-state index contributed by atoms with van der Waals surface area (Å²) in [7, 11) is 0. The molecular weight excluding hydrogens is 252 g/mol. The van der Waals surface area contributed by atoms with E-state index in [0.29, 0.717) is 0 Å². The highest BCUT2D eigenvalue weighted by molar-refractivity contribution is 5.58. The van der Waals surface area contributed by atoms with Crippen LogP contribution in [0.5, 0.6) is 0 Å². The number of rotatable bonds is 3. The second-order valence-corrected chi connectivity index (χ2v) is 6.85. The van der Waals surface area contributed by atoms with Crippen LogP contribution in [0.2, 0.25) is 0 Å². The van der Waals surface area contributed by atoms with E-state index >= 15 is 0 Å². The third-order valence-electron chi connectivity index (χ3n) is 4.67. The van der Waals surface area contributed by atoms with Gasteiger partial charge in [0.1, 0.15) is 0 Å². The predicted molar refractivity (Wildman–Crippen MR) is 91.5 cm³/mol. The molecule has 0 heterocycles. The zero-order valence-corrected chi connectivity index (χ0v) is 13.3. The lowest BCUT2D eigenvalue weighted by Gasteiger charge is -2.30. The molecule has 0 amide bonds. The van der Waals surface area contributed by atoms with Gasteiger partial charge in [-0.25, -0.2) is 0 Å². The van der Waals surface area contributed by atoms with Crippen LogP contribution in [0.15, 0.2) is 48.5 Å². The largest absolute Gasteiger partial charge is 0.0776 e. The van der Waals surface area contributed by atoms with Crippen LogP contribution in [0, 0.1) is 19.3 Å². The molecule has 0 saturated carbocycles. The third kappa shape index (κ3) is 3.26. The van der Waals surface area contributed by atoms with Crippen molar-refractivity contribution >= 4 is 6.08 Å². The van der Waals surface area contributed by atoms with E-state index in [2.05, 4.69) is 75.4 Å². The monoisotopic (exact) mass is 276 g/mol. The summed E-state index contributed by atoms with van der Waals surface area (Å²) in [5.74, 6) is 0. The van der Waals surface area contributed by atoms with Crippen molar-refractivity contribution < 1.29 is 0 Å². The van der Waals surface area contributed by atoms with Gasteiger partial charge in [-0.3, -0.25) is 0 Å². The summed E-state index contributed by atoms with van der Waals surface area (Å²) in [6.07, 6.45) is 8.26. The van der Waals surface area contributed by atoms with Crippen molar-refractivity contribution in [3.8, 4) is 0 Å². The SMILES string of the molecule is Cc1ccc(CCC2(C)C=Cc3cc(C)ccc3C2)cc1. The summed E-state index contributed by atoms with van der Waals surface area (Å²) in [5, 5.41) is 0. The van der Waals surface area contributed by atoms with Gasteiger partial charge in [0.25, 0.3) is 0 Å². The van der Waals surface area contributed by atoms with Crippen molar-refractivity contribution in [3.05, 3.63) is 76.4 Å². The van der Waals surface area contributed by atoms with Gasteiger partial charge in [-0.15, -0.1) is 0 Å². The lowest BCUT2D eigenvalue weighted by Crippen LogP contribution is -2.21. The van der Waals surface area contributed by atoms with Crippen molar-refractivity contribution in [2.75, 3.05) is 0 Å². The Hall–Kier alpha value is -1.82. The third-order valence-corrected chi connectivity index (χ3v) is 4.67. The molecule has 0 nitrogen and oxygen atoms in total. The highest BCUT2D eigenvalue weighted by Crippen LogP contribution is 2.36. The topological polar surface area (TPSA) is 0 Å². The Morgan fingerprint density at radius 2 is 1.67 bits per heavy atom. The summed E-state index contributed by atoms with van der Waals surface area (Å²) >= 11 is 0.